The molecular formula is C22H28N2O2. The molecule has 4 rings (SSSR count). The Morgan fingerprint density at radius 3 is 2.54 bits per heavy atom. The molecule has 0 radical (unpaired) electrons. The lowest BCUT2D eigenvalue weighted by atomic mass is 9.65. The lowest BCUT2D eigenvalue weighted by Crippen LogP contribution is -2.49. The first-order valence-corrected chi connectivity index (χ1v) is 9.74. The molecule has 1 amide bonds. The lowest BCUT2D eigenvalue weighted by Gasteiger charge is -2.43. The molecule has 2 bridgehead atoms. The molecule has 0 aromatic heterocycles. The maximum absolute atomic E-state index is 12.7. The standard InChI is InChI=1S/C22H28N2O2/c1-26-20-8-7-15-9-14(5-6-16(15)12-20)13-24-22(25)19-10-17-3-2-4-18(11-19)21(17)23/h5-9,12,17-19,21H,2-4,10-11,13,23H2,1H3,(H,24,25). The summed E-state index contributed by atoms with van der Waals surface area (Å²) in [5.41, 5.74) is 7.47. The summed E-state index contributed by atoms with van der Waals surface area (Å²) in [6.07, 6.45) is 5.58. The first kappa shape index (κ1) is 17.3. The second kappa shape index (κ2) is 7.28. The van der Waals surface area contributed by atoms with Crippen molar-refractivity contribution in [2.75, 3.05) is 7.11 Å². The molecule has 3 N–H and O–H groups in total. The van der Waals surface area contributed by atoms with Crippen molar-refractivity contribution in [2.45, 2.75) is 44.7 Å². The van der Waals surface area contributed by atoms with Crippen LogP contribution >= 0.6 is 0 Å². The fourth-order valence-electron chi connectivity index (χ4n) is 4.85. The highest BCUT2D eigenvalue weighted by molar-refractivity contribution is 5.85. The molecule has 2 aromatic rings. The van der Waals surface area contributed by atoms with Crippen LogP contribution in [0.4, 0.5) is 0 Å². The predicted molar refractivity (Wildman–Crippen MR) is 104 cm³/mol. The van der Waals surface area contributed by atoms with Gasteiger partial charge in [0.15, 0.2) is 0 Å². The van der Waals surface area contributed by atoms with Gasteiger partial charge >= 0.3 is 0 Å². The molecule has 2 fully saturated rings. The van der Waals surface area contributed by atoms with Crippen LogP contribution in [0.25, 0.3) is 10.8 Å². The van der Waals surface area contributed by atoms with Crippen molar-refractivity contribution in [1.82, 2.24) is 5.32 Å². The van der Waals surface area contributed by atoms with Gasteiger partial charge in [0.2, 0.25) is 5.91 Å². The first-order chi connectivity index (χ1) is 12.6. The lowest BCUT2D eigenvalue weighted by molar-refractivity contribution is -0.128. The van der Waals surface area contributed by atoms with Crippen molar-refractivity contribution in [3.05, 3.63) is 42.0 Å². The molecule has 2 aliphatic carbocycles. The third-order valence-electron chi connectivity index (χ3n) is 6.36. The summed E-state index contributed by atoms with van der Waals surface area (Å²) in [7, 11) is 1.68. The molecule has 0 spiro atoms. The van der Waals surface area contributed by atoms with E-state index in [0.29, 0.717) is 24.4 Å². The van der Waals surface area contributed by atoms with Crippen LogP contribution in [-0.2, 0) is 11.3 Å². The SMILES string of the molecule is COc1ccc2cc(CNC(=O)C3CC4CCCC(C3)C4N)ccc2c1. The highest BCUT2D eigenvalue weighted by Crippen LogP contribution is 2.41. The van der Waals surface area contributed by atoms with Gasteiger partial charge in [-0.15, -0.1) is 0 Å². The van der Waals surface area contributed by atoms with Gasteiger partial charge in [-0.2, -0.15) is 0 Å². The van der Waals surface area contributed by atoms with Gasteiger partial charge in [0, 0.05) is 18.5 Å². The molecule has 4 nitrogen and oxygen atoms in total. The van der Waals surface area contributed by atoms with Gasteiger partial charge < -0.3 is 15.8 Å². The second-order valence-corrected chi connectivity index (χ2v) is 7.96. The summed E-state index contributed by atoms with van der Waals surface area (Å²) in [6.45, 7) is 0.582. The summed E-state index contributed by atoms with van der Waals surface area (Å²) < 4.78 is 5.27. The van der Waals surface area contributed by atoms with E-state index >= 15 is 0 Å². The monoisotopic (exact) mass is 352 g/mol. The summed E-state index contributed by atoms with van der Waals surface area (Å²) in [6, 6.07) is 12.7. The minimum absolute atomic E-state index is 0.134. The number of carbonyl (C=O) groups is 1. The zero-order valence-electron chi connectivity index (χ0n) is 15.4. The third-order valence-corrected chi connectivity index (χ3v) is 6.36. The van der Waals surface area contributed by atoms with Gasteiger partial charge in [-0.1, -0.05) is 24.6 Å². The number of nitrogens with one attached hydrogen (secondary N) is 1. The molecule has 2 aliphatic rings. The van der Waals surface area contributed by atoms with Crippen LogP contribution in [0.1, 0.15) is 37.7 Å². The van der Waals surface area contributed by atoms with E-state index in [1.54, 1.807) is 7.11 Å². The number of fused-ring (bicyclic) bond motifs is 3. The van der Waals surface area contributed by atoms with Crippen molar-refractivity contribution in [1.29, 1.82) is 0 Å². The number of nitrogens with two attached hydrogens (primary N) is 1. The Morgan fingerprint density at radius 2 is 1.81 bits per heavy atom. The van der Waals surface area contributed by atoms with Crippen molar-refractivity contribution in [2.24, 2.45) is 23.5 Å². The molecular weight excluding hydrogens is 324 g/mol. The minimum Gasteiger partial charge on any atom is -0.497 e. The quantitative estimate of drug-likeness (QED) is 0.883. The van der Waals surface area contributed by atoms with Gasteiger partial charge in [0.25, 0.3) is 0 Å². The Labute approximate surface area is 155 Å². The van der Waals surface area contributed by atoms with E-state index in [1.165, 1.54) is 19.3 Å². The van der Waals surface area contributed by atoms with Gasteiger partial charge in [0.05, 0.1) is 7.11 Å². The number of hydrogen-bond donors (Lipinski definition) is 2. The van der Waals surface area contributed by atoms with E-state index < -0.39 is 0 Å². The van der Waals surface area contributed by atoms with Crippen LogP contribution < -0.4 is 15.8 Å². The predicted octanol–water partition coefficient (Wildman–Crippen LogP) is 3.62. The molecule has 138 valence electrons. The summed E-state index contributed by atoms with van der Waals surface area (Å²) >= 11 is 0. The van der Waals surface area contributed by atoms with E-state index in [2.05, 4.69) is 29.6 Å². The molecule has 4 heteroatoms. The average Bonchev–Trinajstić information content (AvgIpc) is 2.65. The van der Waals surface area contributed by atoms with Crippen LogP contribution in [-0.4, -0.2) is 19.1 Å². The summed E-state index contributed by atoms with van der Waals surface area (Å²) in [5, 5.41) is 5.47. The molecule has 2 saturated carbocycles. The van der Waals surface area contributed by atoms with Crippen molar-refractivity contribution >= 4 is 16.7 Å². The molecule has 0 aliphatic heterocycles. The van der Waals surface area contributed by atoms with Crippen LogP contribution in [0, 0.1) is 17.8 Å². The Morgan fingerprint density at radius 1 is 1.12 bits per heavy atom. The molecule has 0 heterocycles. The van der Waals surface area contributed by atoms with Crippen molar-refractivity contribution in [3.63, 3.8) is 0 Å². The van der Waals surface area contributed by atoms with Gasteiger partial charge in [0.1, 0.15) is 5.75 Å². The van der Waals surface area contributed by atoms with Crippen LogP contribution in [0.3, 0.4) is 0 Å². The normalized spacial score (nSPS) is 27.9. The molecule has 2 aromatic carbocycles. The number of rotatable bonds is 4. The molecule has 2 unspecified atom stereocenters. The minimum atomic E-state index is 0.134. The smallest absolute Gasteiger partial charge is 0.223 e. The van der Waals surface area contributed by atoms with E-state index in [1.807, 2.05) is 12.1 Å². The number of benzene rings is 2. The first-order valence-electron chi connectivity index (χ1n) is 9.74. The number of methoxy groups -OCH3 is 1. The van der Waals surface area contributed by atoms with Crippen molar-refractivity contribution < 1.29 is 9.53 Å². The largest absolute Gasteiger partial charge is 0.497 e. The zero-order chi connectivity index (χ0) is 18.1. The number of carbonyl (C=O) groups excluding carboxylic acids is 1. The maximum atomic E-state index is 12.7. The molecule has 2 atom stereocenters. The van der Waals surface area contributed by atoms with E-state index in [4.69, 9.17) is 10.5 Å². The highest BCUT2D eigenvalue weighted by atomic mass is 16.5. The van der Waals surface area contributed by atoms with E-state index in [0.717, 1.165) is 34.9 Å². The zero-order valence-corrected chi connectivity index (χ0v) is 15.4. The topological polar surface area (TPSA) is 64.3 Å². The van der Waals surface area contributed by atoms with E-state index in [-0.39, 0.29) is 11.8 Å². The highest BCUT2D eigenvalue weighted by Gasteiger charge is 2.40. The van der Waals surface area contributed by atoms with Gasteiger partial charge in [-0.25, -0.2) is 0 Å². The third kappa shape index (κ3) is 3.43. The Hall–Kier alpha value is -2.07. The second-order valence-electron chi connectivity index (χ2n) is 7.96. The number of hydrogen-bond acceptors (Lipinski definition) is 3. The van der Waals surface area contributed by atoms with E-state index in [9.17, 15) is 4.79 Å². The molecule has 26 heavy (non-hydrogen) atoms. The Kier molecular flexibility index (Phi) is 4.86. The number of amides is 1. The van der Waals surface area contributed by atoms with Gasteiger partial charge in [-0.3, -0.25) is 4.79 Å². The Balaban J connectivity index is 1.39. The van der Waals surface area contributed by atoms with Crippen LogP contribution in [0.15, 0.2) is 36.4 Å². The number of ether oxygens (including phenoxy) is 1. The fourth-order valence-corrected chi connectivity index (χ4v) is 4.85. The fraction of sp³-hybridized carbons (Fsp3) is 0.500. The van der Waals surface area contributed by atoms with Crippen molar-refractivity contribution in [3.8, 4) is 5.75 Å². The average molecular weight is 352 g/mol. The van der Waals surface area contributed by atoms with Crippen LogP contribution in [0.2, 0.25) is 0 Å². The van der Waals surface area contributed by atoms with Gasteiger partial charge in [-0.05, 0) is 72.1 Å². The summed E-state index contributed by atoms with van der Waals surface area (Å²) in [5.74, 6) is 2.26. The Bertz CT molecular complexity index is 790. The maximum Gasteiger partial charge on any atom is 0.223 e. The molecule has 0 saturated heterocycles. The van der Waals surface area contributed by atoms with Crippen LogP contribution in [0.5, 0.6) is 5.75 Å². The summed E-state index contributed by atoms with van der Waals surface area (Å²) in [4.78, 5) is 12.7.